The van der Waals surface area contributed by atoms with Crippen LogP contribution in [-0.4, -0.2) is 97.7 Å². The van der Waals surface area contributed by atoms with Crippen LogP contribution in [0.25, 0.3) is 22.5 Å². The Hall–Kier alpha value is -6.29. The van der Waals surface area contributed by atoms with Crippen molar-refractivity contribution >= 4 is 47.2 Å². The Morgan fingerprint density at radius 3 is 2.04 bits per heavy atom. The first-order valence-corrected chi connectivity index (χ1v) is 23.2. The van der Waals surface area contributed by atoms with Gasteiger partial charge in [-0.3, -0.25) is 19.5 Å². The summed E-state index contributed by atoms with van der Waals surface area (Å²) in [6.07, 6.45) is -0.795. The summed E-state index contributed by atoms with van der Waals surface area (Å²) in [5, 5.41) is 24.8. The molecule has 6 N–H and O–H groups in total. The second kappa shape index (κ2) is 22.0. The lowest BCUT2D eigenvalue weighted by Gasteiger charge is -2.31. The van der Waals surface area contributed by atoms with Crippen molar-refractivity contribution in [3.63, 3.8) is 0 Å². The lowest BCUT2D eigenvalue weighted by Crippen LogP contribution is -2.48. The SMILES string of the molecule is CN(Cl)C1CCC(NC(=O)c2ccc(-c3ccc(C[C@H](NC(=O)C4CCC(CNC(=O)OC(C)(C)C)CC4)C(=O)Nc4ccc(-c5n[nH]c(C(F)(F)C(F)(F)C(=O)O)n5)cc4)cc3)c(C(F)(F)F)c2)CC1. The fraction of sp³-hybridized carbons (Fsp3) is 0.479. The summed E-state index contributed by atoms with van der Waals surface area (Å²) in [5.74, 6) is -18.2. The lowest BCUT2D eigenvalue weighted by atomic mass is 9.81. The van der Waals surface area contributed by atoms with Gasteiger partial charge in [-0.15, -0.1) is 0 Å². The predicted octanol–water partition coefficient (Wildman–Crippen LogP) is 9.09. The van der Waals surface area contributed by atoms with Crippen LogP contribution in [-0.2, 0) is 37.6 Å². The molecule has 0 radical (unpaired) electrons. The highest BCUT2D eigenvalue weighted by Gasteiger charge is 2.65. The van der Waals surface area contributed by atoms with E-state index in [0.29, 0.717) is 50.6 Å². The number of alkyl halides is 7. The van der Waals surface area contributed by atoms with E-state index in [1.54, 1.807) is 37.3 Å². The first-order valence-electron chi connectivity index (χ1n) is 22.8. The second-order valence-electron chi connectivity index (χ2n) is 18.9. The number of carboxylic acid groups (broad SMARTS) is 1. The number of nitrogens with zero attached hydrogens (tertiary/aromatic N) is 3. The lowest BCUT2D eigenvalue weighted by molar-refractivity contribution is -0.231. The normalized spacial score (nSPS) is 19.3. The highest BCUT2D eigenvalue weighted by Crippen LogP contribution is 2.42. The molecule has 0 bridgehead atoms. The topological polar surface area (TPSA) is 208 Å². The van der Waals surface area contributed by atoms with E-state index in [0.717, 1.165) is 18.9 Å². The van der Waals surface area contributed by atoms with Crippen molar-refractivity contribution in [3.8, 4) is 22.5 Å². The summed E-state index contributed by atoms with van der Waals surface area (Å²) < 4.78 is 107. The number of amides is 4. The number of hydrogen-bond acceptors (Lipinski definition) is 9. The van der Waals surface area contributed by atoms with Gasteiger partial charge < -0.3 is 31.1 Å². The number of aromatic nitrogens is 3. The van der Waals surface area contributed by atoms with Gasteiger partial charge in [0.05, 0.1) is 5.56 Å². The Morgan fingerprint density at radius 2 is 1.46 bits per heavy atom. The zero-order valence-electron chi connectivity index (χ0n) is 39.1. The van der Waals surface area contributed by atoms with Crippen LogP contribution in [0, 0.1) is 11.8 Å². The first-order chi connectivity index (χ1) is 33.2. The third kappa shape index (κ3) is 13.8. The van der Waals surface area contributed by atoms with Gasteiger partial charge in [0.1, 0.15) is 11.6 Å². The average molecular weight is 1020 g/mol. The predicted molar refractivity (Wildman–Crippen MR) is 246 cm³/mol. The van der Waals surface area contributed by atoms with Crippen LogP contribution in [0.3, 0.4) is 0 Å². The van der Waals surface area contributed by atoms with Crippen LogP contribution in [0.15, 0.2) is 66.7 Å². The number of carboxylic acids is 1. The Morgan fingerprint density at radius 1 is 0.845 bits per heavy atom. The van der Waals surface area contributed by atoms with Crippen molar-refractivity contribution in [1.29, 1.82) is 0 Å². The number of carbonyl (C=O) groups excluding carboxylic acids is 4. The van der Waals surface area contributed by atoms with Crippen molar-refractivity contribution < 1.29 is 64.5 Å². The molecule has 3 aromatic carbocycles. The van der Waals surface area contributed by atoms with E-state index in [9.17, 15) is 54.7 Å². The molecule has 0 spiro atoms. The van der Waals surface area contributed by atoms with Gasteiger partial charge in [-0.2, -0.15) is 35.8 Å². The van der Waals surface area contributed by atoms with E-state index in [-0.39, 0.29) is 52.4 Å². The standard InChI is InChI=1S/C48H54ClF7N8O7/c1-45(2,3)71-44(70)57-25-27-7-11-30(12-8-27)39(65)60-37(41(67)59-32-16-13-29(14-17-32)38-61-42(63-62-38)46(50,51)47(52,53)43(68)69)23-26-5-9-28(10-6-26)35-22-15-31(24-36(35)48(54,55)56)40(66)58-33-18-20-34(21-19-33)64(4)49/h5-6,9-10,13-17,22,24,27,30,33-34,37H,7-8,11-12,18-21,23,25H2,1-4H3,(H,57,70)(H,58,66)(H,59,67)(H,60,65)(H,68,69)(H,61,62,63)/t27?,30?,33?,34?,37-/m0/s1. The molecule has 1 aromatic heterocycles. The molecule has 1 atom stereocenters. The first kappa shape index (κ1) is 54.1. The van der Waals surface area contributed by atoms with Crippen LogP contribution in [0.4, 0.5) is 41.2 Å². The monoisotopic (exact) mass is 1020 g/mol. The van der Waals surface area contributed by atoms with Gasteiger partial charge in [0.2, 0.25) is 17.6 Å². The van der Waals surface area contributed by atoms with E-state index >= 15 is 0 Å². The average Bonchev–Trinajstić information content (AvgIpc) is 3.82. The molecule has 2 fully saturated rings. The molecule has 384 valence electrons. The van der Waals surface area contributed by atoms with Crippen molar-refractivity contribution in [2.75, 3.05) is 18.9 Å². The van der Waals surface area contributed by atoms with Crippen molar-refractivity contribution in [3.05, 3.63) is 89.2 Å². The number of nitrogens with one attached hydrogen (secondary N) is 5. The summed E-state index contributed by atoms with van der Waals surface area (Å²) in [6, 6.07) is 13.1. The largest absolute Gasteiger partial charge is 0.477 e. The van der Waals surface area contributed by atoms with E-state index in [1.807, 2.05) is 0 Å². The third-order valence-corrected chi connectivity index (χ3v) is 12.7. The molecular formula is C48H54ClF7N8O7. The van der Waals surface area contributed by atoms with Gasteiger partial charge in [0.15, 0.2) is 5.82 Å². The number of ether oxygens (including phenoxy) is 1. The minimum absolute atomic E-state index is 0.0160. The van der Waals surface area contributed by atoms with Gasteiger partial charge in [-0.1, -0.05) is 30.3 Å². The number of halogens is 8. The van der Waals surface area contributed by atoms with Crippen molar-refractivity contribution in [1.82, 2.24) is 35.6 Å². The number of rotatable bonds is 16. The van der Waals surface area contributed by atoms with Gasteiger partial charge in [-0.05, 0) is 143 Å². The number of H-pyrrole nitrogens is 1. The summed E-state index contributed by atoms with van der Waals surface area (Å²) in [7, 11) is 1.75. The van der Waals surface area contributed by atoms with Crippen LogP contribution >= 0.6 is 11.8 Å². The van der Waals surface area contributed by atoms with Crippen LogP contribution < -0.4 is 21.3 Å². The molecule has 71 heavy (non-hydrogen) atoms. The van der Waals surface area contributed by atoms with Crippen LogP contribution in [0.5, 0.6) is 0 Å². The molecule has 4 aromatic rings. The molecule has 15 nitrogen and oxygen atoms in total. The Bertz CT molecular complexity index is 2540. The van der Waals surface area contributed by atoms with E-state index in [2.05, 4.69) is 31.3 Å². The third-order valence-electron chi connectivity index (χ3n) is 12.5. The molecule has 4 amide bonds. The maximum absolute atomic E-state index is 14.6. The fourth-order valence-corrected chi connectivity index (χ4v) is 8.68. The number of aromatic amines is 1. The van der Waals surface area contributed by atoms with Crippen LogP contribution in [0.2, 0.25) is 0 Å². The molecule has 0 aliphatic heterocycles. The fourth-order valence-electron chi connectivity index (χ4n) is 8.49. The number of anilines is 1. The quantitative estimate of drug-likeness (QED) is 0.0464. The highest BCUT2D eigenvalue weighted by molar-refractivity contribution is 6.13. The summed E-state index contributed by atoms with van der Waals surface area (Å²) in [5.41, 5.74) is -1.29. The Labute approximate surface area is 409 Å². The Kier molecular flexibility index (Phi) is 16.7. The molecule has 6 rings (SSSR count). The highest BCUT2D eigenvalue weighted by atomic mass is 35.5. The molecule has 0 unspecified atom stereocenters. The zero-order valence-corrected chi connectivity index (χ0v) is 39.8. The molecule has 23 heteroatoms. The van der Waals surface area contributed by atoms with Crippen molar-refractivity contribution in [2.24, 2.45) is 11.8 Å². The smallest absolute Gasteiger partial charge is 0.417 e. The van der Waals surface area contributed by atoms with E-state index < -0.39 is 82.6 Å². The summed E-state index contributed by atoms with van der Waals surface area (Å²) in [4.78, 5) is 67.3. The number of hydrogen-bond donors (Lipinski definition) is 6. The number of aliphatic carboxylic acids is 1. The van der Waals surface area contributed by atoms with Gasteiger partial charge in [0.25, 0.3) is 5.91 Å². The minimum Gasteiger partial charge on any atom is -0.477 e. The Balaban J connectivity index is 1.17. The molecular weight excluding hydrogens is 969 g/mol. The second-order valence-corrected chi connectivity index (χ2v) is 19.4. The summed E-state index contributed by atoms with van der Waals surface area (Å²) >= 11 is 6.07. The van der Waals surface area contributed by atoms with E-state index in [4.69, 9.17) is 21.6 Å². The molecule has 2 aliphatic rings. The molecule has 0 saturated heterocycles. The maximum atomic E-state index is 14.6. The van der Waals surface area contributed by atoms with Gasteiger partial charge >= 0.3 is 30.1 Å². The molecule has 2 aliphatic carbocycles. The number of benzene rings is 3. The van der Waals surface area contributed by atoms with Crippen molar-refractivity contribution in [2.45, 2.75) is 120 Å². The zero-order chi connectivity index (χ0) is 52.1. The van der Waals surface area contributed by atoms with Gasteiger partial charge in [0, 0.05) is 54.8 Å². The molecule has 1 heterocycles. The minimum atomic E-state index is -5.50. The summed E-state index contributed by atoms with van der Waals surface area (Å²) in [6.45, 7) is 5.57. The maximum Gasteiger partial charge on any atom is 0.417 e. The van der Waals surface area contributed by atoms with Gasteiger partial charge in [-0.25, -0.2) is 19.0 Å². The van der Waals surface area contributed by atoms with Crippen LogP contribution in [0.1, 0.15) is 99.4 Å². The number of carbonyl (C=O) groups is 5. The van der Waals surface area contributed by atoms with E-state index in [1.165, 1.54) is 60.7 Å². The number of alkyl carbamates (subject to hydrolysis) is 1. The molecule has 2 saturated carbocycles.